The quantitative estimate of drug-likeness (QED) is 0.0549. The van der Waals surface area contributed by atoms with Crippen molar-refractivity contribution in [1.29, 1.82) is 0 Å². The van der Waals surface area contributed by atoms with Gasteiger partial charge in [-0.15, -0.1) is 0 Å². The Morgan fingerprint density at radius 1 is 0.731 bits per heavy atom. The molecule has 0 unspecified atom stereocenters. The molecule has 9 N–H and O–H groups in total. The first-order valence-electron chi connectivity index (χ1n) is 16.8. The van der Waals surface area contributed by atoms with Gasteiger partial charge < -0.3 is 37.5 Å². The van der Waals surface area contributed by atoms with Crippen LogP contribution in [0.1, 0.15) is 57.1 Å². The molecular weight excluding hydrogens is 674 g/mol. The van der Waals surface area contributed by atoms with E-state index < -0.39 is 65.7 Å². The van der Waals surface area contributed by atoms with E-state index in [1.54, 1.807) is 54.6 Å². The number of amides is 7. The van der Waals surface area contributed by atoms with Crippen LogP contribution >= 0.6 is 0 Å². The Balaban J connectivity index is 2.31. The number of rotatable bonds is 21. The molecule has 4 atom stereocenters. The molecule has 16 heteroatoms. The van der Waals surface area contributed by atoms with Gasteiger partial charge in [0.1, 0.15) is 24.7 Å². The highest BCUT2D eigenvalue weighted by atomic mass is 16.5. The molecule has 0 saturated heterocycles. The number of hydroxylamine groups is 2. The van der Waals surface area contributed by atoms with E-state index in [2.05, 4.69) is 21.3 Å². The second-order valence-corrected chi connectivity index (χ2v) is 12.5. The van der Waals surface area contributed by atoms with Crippen molar-refractivity contribution in [2.24, 2.45) is 17.4 Å². The van der Waals surface area contributed by atoms with Gasteiger partial charge in [0.05, 0.1) is 0 Å². The third kappa shape index (κ3) is 16.8. The maximum atomic E-state index is 13.9. The highest BCUT2D eigenvalue weighted by molar-refractivity contribution is 5.94. The number of nitrogens with two attached hydrogens (primary N) is 2. The predicted molar refractivity (Wildman–Crippen MR) is 189 cm³/mol. The number of benzene rings is 2. The van der Waals surface area contributed by atoms with Crippen LogP contribution < -0.4 is 32.7 Å². The molecule has 0 radical (unpaired) electrons. The van der Waals surface area contributed by atoms with Gasteiger partial charge in [-0.25, -0.2) is 9.86 Å². The number of likely N-dealkylation sites (N-methyl/N-ethyl adjacent to an activating group) is 1. The van der Waals surface area contributed by atoms with Crippen LogP contribution in [0.5, 0.6) is 0 Å². The van der Waals surface area contributed by atoms with Gasteiger partial charge in [-0.2, -0.15) is 0 Å². The fraction of sp³-hybridized carbons (Fsp3) is 0.417. The molecule has 2 aromatic rings. The Hall–Kier alpha value is -5.77. The summed E-state index contributed by atoms with van der Waals surface area (Å²) in [5.41, 5.74) is 12.0. The van der Waals surface area contributed by atoms with E-state index in [9.17, 15) is 38.8 Å². The van der Waals surface area contributed by atoms with Crippen molar-refractivity contribution in [2.45, 2.75) is 83.1 Å². The van der Waals surface area contributed by atoms with Crippen LogP contribution in [0.2, 0.25) is 0 Å². The van der Waals surface area contributed by atoms with Gasteiger partial charge in [-0.3, -0.25) is 34.0 Å². The highest BCUT2D eigenvalue weighted by Gasteiger charge is 2.31. The lowest BCUT2D eigenvalue weighted by atomic mass is 10.0. The molecular formula is C36H49N7O9. The lowest BCUT2D eigenvalue weighted by molar-refractivity contribution is -0.153. The van der Waals surface area contributed by atoms with Gasteiger partial charge in [0.2, 0.25) is 29.5 Å². The van der Waals surface area contributed by atoms with Gasteiger partial charge in [0.15, 0.2) is 0 Å². The zero-order chi connectivity index (χ0) is 38.6. The second kappa shape index (κ2) is 22.1. The van der Waals surface area contributed by atoms with Crippen LogP contribution in [-0.4, -0.2) is 83.0 Å². The van der Waals surface area contributed by atoms with Crippen LogP contribution in [-0.2, 0) is 46.5 Å². The Labute approximate surface area is 302 Å². The van der Waals surface area contributed by atoms with Crippen molar-refractivity contribution in [2.75, 3.05) is 7.05 Å². The third-order valence-corrected chi connectivity index (χ3v) is 7.58. The molecule has 0 aliphatic heterocycles. The minimum absolute atomic E-state index is 0.00378. The van der Waals surface area contributed by atoms with Crippen LogP contribution in [0, 0.1) is 5.92 Å². The molecule has 0 fully saturated rings. The summed E-state index contributed by atoms with van der Waals surface area (Å²) in [7, 11) is 1.10. The fourth-order valence-corrected chi connectivity index (χ4v) is 4.87. The van der Waals surface area contributed by atoms with Crippen LogP contribution in [0.3, 0.4) is 0 Å². The maximum Gasteiger partial charge on any atom is 0.408 e. The number of alkyl carbamates (subject to hydrolysis) is 1. The Bertz CT molecular complexity index is 1540. The summed E-state index contributed by atoms with van der Waals surface area (Å²) in [6, 6.07) is 13.1. The predicted octanol–water partition coefficient (Wildman–Crippen LogP) is 0.959. The number of carbonyl (C=O) groups excluding carboxylic acids is 7. The van der Waals surface area contributed by atoms with E-state index in [-0.39, 0.29) is 51.0 Å². The van der Waals surface area contributed by atoms with Gasteiger partial charge in [-0.05, 0) is 36.3 Å². The maximum absolute atomic E-state index is 13.9. The smallest absolute Gasteiger partial charge is 0.408 e. The zero-order valence-corrected chi connectivity index (χ0v) is 29.6. The van der Waals surface area contributed by atoms with Crippen molar-refractivity contribution in [3.63, 3.8) is 0 Å². The molecule has 0 heterocycles. The lowest BCUT2D eigenvalue weighted by Gasteiger charge is -2.26. The van der Waals surface area contributed by atoms with E-state index in [1.807, 2.05) is 19.9 Å². The monoisotopic (exact) mass is 723 g/mol. The van der Waals surface area contributed by atoms with E-state index in [1.165, 1.54) is 6.08 Å². The van der Waals surface area contributed by atoms with E-state index in [0.29, 0.717) is 10.6 Å². The molecule has 0 aliphatic rings. The first-order chi connectivity index (χ1) is 24.6. The van der Waals surface area contributed by atoms with Crippen molar-refractivity contribution in [1.82, 2.24) is 26.3 Å². The molecule has 7 amide bonds. The van der Waals surface area contributed by atoms with Crippen LogP contribution in [0.4, 0.5) is 4.79 Å². The molecule has 0 aromatic heterocycles. The van der Waals surface area contributed by atoms with Gasteiger partial charge in [0.25, 0.3) is 5.91 Å². The van der Waals surface area contributed by atoms with E-state index in [0.717, 1.165) is 18.7 Å². The molecule has 0 spiro atoms. The zero-order valence-electron chi connectivity index (χ0n) is 29.6. The number of nitrogens with one attached hydrogen (secondary N) is 4. The number of nitrogens with zero attached hydrogens (tertiary/aromatic N) is 1. The minimum Gasteiger partial charge on any atom is -0.445 e. The van der Waals surface area contributed by atoms with E-state index >= 15 is 0 Å². The fourth-order valence-electron chi connectivity index (χ4n) is 4.87. The topological polar surface area (TPSA) is 252 Å². The minimum atomic E-state index is -1.35. The van der Waals surface area contributed by atoms with Gasteiger partial charge in [-0.1, -0.05) is 80.6 Å². The Kier molecular flexibility index (Phi) is 18.0. The SMILES string of the molecule is CC(C)C[C@H](NC(=O)OCc1ccccc1)C(=O)N[C@@H](Cc1ccccc1)C(=O)N[C@@H](CCC(N)=O)C(=O)N[C@H](/C=C/C(=O)N(C)O)CCC(N)=O. The molecule has 282 valence electrons. The highest BCUT2D eigenvalue weighted by Crippen LogP contribution is 2.11. The molecule has 0 bridgehead atoms. The van der Waals surface area contributed by atoms with Crippen molar-refractivity contribution in [3.05, 3.63) is 83.9 Å². The largest absolute Gasteiger partial charge is 0.445 e. The Morgan fingerprint density at radius 3 is 1.81 bits per heavy atom. The number of ether oxygens (including phenoxy) is 1. The molecule has 0 saturated carbocycles. The molecule has 2 aromatic carbocycles. The van der Waals surface area contributed by atoms with Gasteiger partial charge in [0, 0.05) is 38.4 Å². The molecule has 2 rings (SSSR count). The average molecular weight is 724 g/mol. The summed E-state index contributed by atoms with van der Waals surface area (Å²) in [6.07, 6.45) is 0.879. The van der Waals surface area contributed by atoms with Crippen LogP contribution in [0.15, 0.2) is 72.8 Å². The van der Waals surface area contributed by atoms with E-state index in [4.69, 9.17) is 16.2 Å². The van der Waals surface area contributed by atoms with Crippen molar-refractivity contribution < 1.29 is 43.5 Å². The first kappa shape index (κ1) is 42.4. The van der Waals surface area contributed by atoms with Crippen molar-refractivity contribution >= 4 is 41.5 Å². The third-order valence-electron chi connectivity index (χ3n) is 7.58. The van der Waals surface area contributed by atoms with Crippen molar-refractivity contribution in [3.8, 4) is 0 Å². The summed E-state index contributed by atoms with van der Waals surface area (Å²) in [5, 5.41) is 20.2. The average Bonchev–Trinajstić information content (AvgIpc) is 3.09. The standard InChI is InChI=1S/C36H49N7O9/c1-23(2)20-28(42-36(50)52-22-25-12-8-5-9-13-25)34(48)41-29(21-24-10-6-4-7-11-24)35(49)40-27(16-18-31(38)45)33(47)39-26(14-17-30(37)44)15-19-32(46)43(3)51/h4-13,15,19,23,26-29,51H,14,16-18,20-22H2,1-3H3,(H2,37,44)(H2,38,45)(H,39,47)(H,40,49)(H,41,48)(H,42,50)/b19-15+/t26-,27-,28-,29-/m0/s1. The molecule has 52 heavy (non-hydrogen) atoms. The normalized spacial score (nSPS) is 13.2. The summed E-state index contributed by atoms with van der Waals surface area (Å²) < 4.78 is 5.31. The second-order valence-electron chi connectivity index (χ2n) is 12.5. The summed E-state index contributed by atoms with van der Waals surface area (Å²) in [5.74, 6) is -4.52. The number of hydrogen-bond donors (Lipinski definition) is 7. The molecule has 0 aliphatic carbocycles. The first-order valence-corrected chi connectivity index (χ1v) is 16.8. The lowest BCUT2D eigenvalue weighted by Crippen LogP contribution is -2.58. The summed E-state index contributed by atoms with van der Waals surface area (Å²) >= 11 is 0. The number of carbonyl (C=O) groups is 7. The summed E-state index contributed by atoms with van der Waals surface area (Å²) in [4.78, 5) is 88.9. The summed E-state index contributed by atoms with van der Waals surface area (Å²) in [6.45, 7) is 3.69. The number of hydrogen-bond acceptors (Lipinski definition) is 9. The van der Waals surface area contributed by atoms with Crippen LogP contribution in [0.25, 0.3) is 0 Å². The number of primary amides is 2. The Morgan fingerprint density at radius 2 is 1.25 bits per heavy atom. The van der Waals surface area contributed by atoms with Gasteiger partial charge >= 0.3 is 6.09 Å². The molecule has 16 nitrogen and oxygen atoms in total.